The van der Waals surface area contributed by atoms with Crippen LogP contribution in [0.1, 0.15) is 84.4 Å². The summed E-state index contributed by atoms with van der Waals surface area (Å²) in [6.07, 6.45) is 7.65. The van der Waals surface area contributed by atoms with E-state index in [9.17, 15) is 18.4 Å². The molecule has 3 fully saturated rings. The van der Waals surface area contributed by atoms with Gasteiger partial charge in [-0.2, -0.15) is 10.2 Å². The number of halogens is 2. The number of nitrogens with zero attached hydrogens (tertiary/aromatic N) is 10. The molecule has 9 rings (SSSR count). The fraction of sp³-hybridized carbons (Fsp3) is 0.538. The Bertz CT molecular complexity index is 2080. The summed E-state index contributed by atoms with van der Waals surface area (Å²) in [4.78, 5) is 32.4. The molecular formula is C39H46F2N10O3. The first kappa shape index (κ1) is 34.8. The smallest absolute Gasteiger partial charge is 0.356 e. The zero-order chi connectivity index (χ0) is 37.3. The Morgan fingerprint density at radius 2 is 1.83 bits per heavy atom. The Morgan fingerprint density at radius 1 is 1.04 bits per heavy atom. The van der Waals surface area contributed by atoms with Crippen LogP contribution in [0.25, 0.3) is 11.1 Å². The summed E-state index contributed by atoms with van der Waals surface area (Å²) in [5.74, 6) is 1.05. The summed E-state index contributed by atoms with van der Waals surface area (Å²) in [7, 11) is 1.79. The number of carbonyl (C=O) groups is 2. The molecule has 0 bridgehead atoms. The number of carboxylic acids is 1. The number of carboxylic acid groups (broad SMARTS) is 1. The predicted molar refractivity (Wildman–Crippen MR) is 197 cm³/mol. The standard InChI is InChI=1S/C39H46F2N10O3/c1-24(52)48-11-7-33-31(23-48)37(50-10-3-4-26-14-29(27-18-42-46(2)22-27)30(36(40)41)15-34(26)50)45-51(33)28-16-39(17-28)8-12-47(13-9-39)19-25-20-49(21-25)35-6-5-32(38(53)54)43-44-35/h5-6,14-15,18,22,25,28,36H,3-4,7-13,16-17,19-21,23H2,1-2H3,(H,53,54). The van der Waals surface area contributed by atoms with Crippen molar-refractivity contribution in [1.82, 2.24) is 39.6 Å². The normalized spacial score (nSPS) is 20.2. The molecule has 284 valence electrons. The SMILES string of the molecule is CC(=O)N1CCc2c(c(N3CCCc4cc(-c5cnn(C)c5)c(C(F)F)cc43)nn2C2CC3(CCN(CC4CN(c5ccc(C(=O)O)nn5)C4)CC3)C2)C1. The summed E-state index contributed by atoms with van der Waals surface area (Å²) >= 11 is 0. The van der Waals surface area contributed by atoms with Crippen molar-refractivity contribution in [2.24, 2.45) is 18.4 Å². The number of fused-ring (bicyclic) bond motifs is 2. The van der Waals surface area contributed by atoms with Crippen molar-refractivity contribution in [1.29, 1.82) is 0 Å². The Balaban J connectivity index is 0.898. The molecule has 4 aliphatic heterocycles. The Kier molecular flexibility index (Phi) is 8.66. The second-order valence-electron chi connectivity index (χ2n) is 16.1. The van der Waals surface area contributed by atoms with Gasteiger partial charge in [-0.25, -0.2) is 13.6 Å². The molecule has 3 aromatic heterocycles. The van der Waals surface area contributed by atoms with Gasteiger partial charge in [-0.3, -0.25) is 14.2 Å². The number of benzene rings is 1. The molecule has 1 saturated carbocycles. The van der Waals surface area contributed by atoms with Crippen LogP contribution >= 0.6 is 0 Å². The van der Waals surface area contributed by atoms with E-state index in [4.69, 9.17) is 10.2 Å². The number of aromatic nitrogens is 6. The lowest BCUT2D eigenvalue weighted by molar-refractivity contribution is -0.129. The number of aromatic carboxylic acids is 1. The van der Waals surface area contributed by atoms with Gasteiger partial charge in [-0.1, -0.05) is 0 Å². The number of alkyl halides is 2. The van der Waals surface area contributed by atoms with Crippen molar-refractivity contribution < 1.29 is 23.5 Å². The zero-order valence-corrected chi connectivity index (χ0v) is 30.8. The van der Waals surface area contributed by atoms with Crippen molar-refractivity contribution >= 4 is 29.2 Å². The minimum absolute atomic E-state index is 0.00388. The van der Waals surface area contributed by atoms with Crippen molar-refractivity contribution in [2.75, 3.05) is 55.6 Å². The molecule has 1 amide bonds. The van der Waals surface area contributed by atoms with Gasteiger partial charge in [0, 0.05) is 93.3 Å². The quantitative estimate of drug-likeness (QED) is 0.256. The van der Waals surface area contributed by atoms with Gasteiger partial charge < -0.3 is 24.7 Å². The maximum atomic E-state index is 14.7. The van der Waals surface area contributed by atoms with Crippen LogP contribution in [0.4, 0.5) is 26.1 Å². The molecule has 1 spiro atoms. The van der Waals surface area contributed by atoms with Gasteiger partial charge in [-0.15, -0.1) is 10.2 Å². The van der Waals surface area contributed by atoms with Gasteiger partial charge in [0.15, 0.2) is 17.3 Å². The van der Waals surface area contributed by atoms with Crippen molar-refractivity contribution in [3.8, 4) is 11.1 Å². The van der Waals surface area contributed by atoms with Crippen LogP contribution in [0.5, 0.6) is 0 Å². The highest BCUT2D eigenvalue weighted by molar-refractivity contribution is 5.85. The number of carbonyl (C=O) groups excluding carboxylic acids is 1. The van der Waals surface area contributed by atoms with Crippen LogP contribution in [0.3, 0.4) is 0 Å². The largest absolute Gasteiger partial charge is 0.476 e. The number of anilines is 3. The van der Waals surface area contributed by atoms with E-state index in [1.165, 1.54) is 11.8 Å². The molecule has 13 nitrogen and oxygen atoms in total. The lowest BCUT2D eigenvalue weighted by Crippen LogP contribution is -2.54. The molecule has 7 heterocycles. The van der Waals surface area contributed by atoms with Crippen LogP contribution in [-0.4, -0.2) is 102 Å². The third-order valence-electron chi connectivity index (χ3n) is 12.7. The van der Waals surface area contributed by atoms with Crippen LogP contribution < -0.4 is 9.80 Å². The lowest BCUT2D eigenvalue weighted by atomic mass is 9.60. The van der Waals surface area contributed by atoms with Crippen LogP contribution in [0.2, 0.25) is 0 Å². The first-order chi connectivity index (χ1) is 26.0. The van der Waals surface area contributed by atoms with Crippen molar-refractivity contribution in [3.05, 3.63) is 64.7 Å². The zero-order valence-electron chi connectivity index (χ0n) is 30.8. The third kappa shape index (κ3) is 6.19. The second kappa shape index (κ2) is 13.4. The summed E-state index contributed by atoms with van der Waals surface area (Å²) in [6, 6.07) is 7.11. The molecule has 54 heavy (non-hydrogen) atoms. The maximum absolute atomic E-state index is 14.7. The molecule has 0 radical (unpaired) electrons. The van der Waals surface area contributed by atoms with Gasteiger partial charge in [-0.05, 0) is 92.4 Å². The highest BCUT2D eigenvalue weighted by atomic mass is 19.3. The molecule has 0 unspecified atom stereocenters. The number of rotatable bonds is 8. The van der Waals surface area contributed by atoms with Gasteiger partial charge in [0.2, 0.25) is 5.91 Å². The molecule has 0 atom stereocenters. The van der Waals surface area contributed by atoms with Gasteiger partial charge in [0.1, 0.15) is 0 Å². The summed E-state index contributed by atoms with van der Waals surface area (Å²) in [5.41, 5.74) is 5.51. The number of hydrogen-bond acceptors (Lipinski definition) is 9. The Hall–Kier alpha value is -4.92. The summed E-state index contributed by atoms with van der Waals surface area (Å²) in [6.45, 7) is 8.41. The summed E-state index contributed by atoms with van der Waals surface area (Å²) in [5, 5.41) is 26.6. The number of aryl methyl sites for hydroxylation is 2. The minimum Gasteiger partial charge on any atom is -0.476 e. The average molecular weight is 741 g/mol. The average Bonchev–Trinajstić information content (AvgIpc) is 3.74. The Labute approximate surface area is 312 Å². The molecule has 4 aromatic rings. The van der Waals surface area contributed by atoms with E-state index in [1.807, 2.05) is 11.0 Å². The maximum Gasteiger partial charge on any atom is 0.356 e. The van der Waals surface area contributed by atoms with E-state index in [0.29, 0.717) is 42.1 Å². The fourth-order valence-corrected chi connectivity index (χ4v) is 9.65. The van der Waals surface area contributed by atoms with Crippen LogP contribution in [0.15, 0.2) is 36.7 Å². The topological polar surface area (TPSA) is 129 Å². The van der Waals surface area contributed by atoms with E-state index < -0.39 is 12.4 Å². The third-order valence-corrected chi connectivity index (χ3v) is 12.7. The van der Waals surface area contributed by atoms with E-state index in [-0.39, 0.29) is 23.2 Å². The van der Waals surface area contributed by atoms with Crippen LogP contribution in [0, 0.1) is 11.3 Å². The molecule has 1 aliphatic carbocycles. The van der Waals surface area contributed by atoms with Crippen molar-refractivity contribution in [2.45, 2.75) is 70.9 Å². The first-order valence-corrected chi connectivity index (χ1v) is 19.2. The van der Waals surface area contributed by atoms with E-state index in [0.717, 1.165) is 106 Å². The number of piperidine rings is 1. The minimum atomic E-state index is -2.64. The van der Waals surface area contributed by atoms with Gasteiger partial charge >= 0.3 is 5.97 Å². The molecular weight excluding hydrogens is 694 g/mol. The Morgan fingerprint density at radius 3 is 2.50 bits per heavy atom. The molecule has 1 N–H and O–H groups in total. The highest BCUT2D eigenvalue weighted by Gasteiger charge is 2.48. The highest BCUT2D eigenvalue weighted by Crippen LogP contribution is 2.56. The molecule has 1 aromatic carbocycles. The fourth-order valence-electron chi connectivity index (χ4n) is 9.65. The van der Waals surface area contributed by atoms with E-state index >= 15 is 0 Å². The van der Waals surface area contributed by atoms with E-state index in [1.54, 1.807) is 43.2 Å². The molecule has 5 aliphatic rings. The number of amides is 1. The number of hydrogen-bond donors (Lipinski definition) is 1. The molecule has 2 saturated heterocycles. The van der Waals surface area contributed by atoms with E-state index in [2.05, 4.69) is 34.7 Å². The van der Waals surface area contributed by atoms with Gasteiger partial charge in [0.05, 0.1) is 18.8 Å². The van der Waals surface area contributed by atoms with Crippen LogP contribution in [-0.2, 0) is 31.2 Å². The first-order valence-electron chi connectivity index (χ1n) is 19.2. The van der Waals surface area contributed by atoms with Gasteiger partial charge in [0.25, 0.3) is 6.43 Å². The predicted octanol–water partition coefficient (Wildman–Crippen LogP) is 5.25. The lowest BCUT2D eigenvalue weighted by Gasteiger charge is -2.53. The second-order valence-corrected chi connectivity index (χ2v) is 16.1. The molecule has 15 heteroatoms. The van der Waals surface area contributed by atoms with Crippen molar-refractivity contribution in [3.63, 3.8) is 0 Å². The monoisotopic (exact) mass is 740 g/mol. The summed E-state index contributed by atoms with van der Waals surface area (Å²) < 4.78 is 33.2. The number of likely N-dealkylation sites (tertiary alicyclic amines) is 1.